The monoisotopic (exact) mass is 411 g/mol. The first-order chi connectivity index (χ1) is 14.7. The van der Waals surface area contributed by atoms with Gasteiger partial charge >= 0.3 is 0 Å². The van der Waals surface area contributed by atoms with E-state index in [-0.39, 0.29) is 5.92 Å². The van der Waals surface area contributed by atoms with Crippen LogP contribution in [-0.4, -0.2) is 66.7 Å². The predicted octanol–water partition coefficient (Wildman–Crippen LogP) is 2.56. The van der Waals surface area contributed by atoms with E-state index in [1.54, 1.807) is 6.26 Å². The van der Waals surface area contributed by atoms with Gasteiger partial charge in [0.2, 0.25) is 12.7 Å². The molecule has 0 saturated carbocycles. The van der Waals surface area contributed by atoms with Crippen molar-refractivity contribution < 1.29 is 18.7 Å². The molecular formula is C23H29N3O4. The molecule has 0 bridgehead atoms. The first-order valence-electron chi connectivity index (χ1n) is 10.9. The standard InChI is InChI=1S/C23H29N3O4/c27-23(19-3-1-7-25(15-19)16-20-4-2-12-28-20)26-10-8-24(9-11-26)14-18-5-6-21-22(13-18)30-17-29-21/h2,4-6,12-13,19H,1,3,7-11,14-17H2. The number of carbonyl (C=O) groups excluding carboxylic acids is 1. The summed E-state index contributed by atoms with van der Waals surface area (Å²) in [4.78, 5) is 19.9. The first kappa shape index (κ1) is 19.5. The van der Waals surface area contributed by atoms with Crippen molar-refractivity contribution in [3.8, 4) is 11.5 Å². The molecule has 1 unspecified atom stereocenters. The number of likely N-dealkylation sites (tertiary alicyclic amines) is 1. The fraction of sp³-hybridized carbons (Fsp3) is 0.522. The van der Waals surface area contributed by atoms with E-state index >= 15 is 0 Å². The van der Waals surface area contributed by atoms with Gasteiger partial charge in [-0.25, -0.2) is 0 Å². The van der Waals surface area contributed by atoms with Crippen LogP contribution in [0.4, 0.5) is 0 Å². The maximum Gasteiger partial charge on any atom is 0.231 e. The number of piperidine rings is 1. The van der Waals surface area contributed by atoms with Crippen LogP contribution in [0, 0.1) is 5.92 Å². The molecule has 0 aliphatic carbocycles. The van der Waals surface area contributed by atoms with Crippen LogP contribution >= 0.6 is 0 Å². The third kappa shape index (κ3) is 4.32. The number of fused-ring (bicyclic) bond motifs is 1. The summed E-state index contributed by atoms with van der Waals surface area (Å²) >= 11 is 0. The summed E-state index contributed by atoms with van der Waals surface area (Å²) in [5.74, 6) is 3.05. The Kier molecular flexibility index (Phi) is 5.64. The van der Waals surface area contributed by atoms with Crippen molar-refractivity contribution in [2.45, 2.75) is 25.9 Å². The maximum atomic E-state index is 13.1. The van der Waals surface area contributed by atoms with Crippen molar-refractivity contribution in [1.82, 2.24) is 14.7 Å². The smallest absolute Gasteiger partial charge is 0.231 e. The average molecular weight is 412 g/mol. The van der Waals surface area contributed by atoms with Gasteiger partial charge in [-0.1, -0.05) is 6.07 Å². The third-order valence-corrected chi connectivity index (χ3v) is 6.34. The quantitative estimate of drug-likeness (QED) is 0.754. The number of nitrogens with zero attached hydrogens (tertiary/aromatic N) is 3. The molecule has 2 aromatic rings. The maximum absolute atomic E-state index is 13.1. The number of rotatable bonds is 5. The molecule has 7 heteroatoms. The second-order valence-corrected chi connectivity index (χ2v) is 8.44. The van der Waals surface area contributed by atoms with Crippen LogP contribution in [0.3, 0.4) is 0 Å². The molecule has 5 rings (SSSR count). The lowest BCUT2D eigenvalue weighted by atomic mass is 9.96. The summed E-state index contributed by atoms with van der Waals surface area (Å²) in [5, 5.41) is 0. The largest absolute Gasteiger partial charge is 0.468 e. The molecule has 1 aromatic heterocycles. The molecule has 1 amide bonds. The molecular weight excluding hydrogens is 382 g/mol. The minimum Gasteiger partial charge on any atom is -0.468 e. The minimum atomic E-state index is 0.106. The van der Waals surface area contributed by atoms with Crippen LogP contribution in [0.25, 0.3) is 0 Å². The zero-order valence-corrected chi connectivity index (χ0v) is 17.3. The summed E-state index contributed by atoms with van der Waals surface area (Å²) in [7, 11) is 0. The predicted molar refractivity (Wildman–Crippen MR) is 111 cm³/mol. The Morgan fingerprint density at radius 2 is 1.83 bits per heavy atom. The molecule has 2 fully saturated rings. The van der Waals surface area contributed by atoms with E-state index in [4.69, 9.17) is 13.9 Å². The summed E-state index contributed by atoms with van der Waals surface area (Å²) in [5.41, 5.74) is 1.22. The fourth-order valence-corrected chi connectivity index (χ4v) is 4.71. The number of ether oxygens (including phenoxy) is 2. The number of benzene rings is 1. The van der Waals surface area contributed by atoms with Crippen LogP contribution in [0.1, 0.15) is 24.2 Å². The Morgan fingerprint density at radius 3 is 2.67 bits per heavy atom. The fourth-order valence-electron chi connectivity index (χ4n) is 4.71. The van der Waals surface area contributed by atoms with Gasteiger partial charge in [0.15, 0.2) is 11.5 Å². The minimum absolute atomic E-state index is 0.106. The van der Waals surface area contributed by atoms with Gasteiger partial charge in [0, 0.05) is 39.3 Å². The van der Waals surface area contributed by atoms with Gasteiger partial charge in [-0.15, -0.1) is 0 Å². The zero-order chi connectivity index (χ0) is 20.3. The van der Waals surface area contributed by atoms with E-state index in [1.807, 2.05) is 18.2 Å². The van der Waals surface area contributed by atoms with Gasteiger partial charge in [0.05, 0.1) is 18.7 Å². The topological polar surface area (TPSA) is 58.4 Å². The van der Waals surface area contributed by atoms with Gasteiger partial charge in [-0.05, 0) is 49.2 Å². The number of furan rings is 1. The summed E-state index contributed by atoms with van der Waals surface area (Å²) in [6, 6.07) is 10.1. The number of carbonyl (C=O) groups is 1. The van der Waals surface area contributed by atoms with E-state index in [9.17, 15) is 4.79 Å². The Morgan fingerprint density at radius 1 is 0.967 bits per heavy atom. The van der Waals surface area contributed by atoms with Crippen LogP contribution in [-0.2, 0) is 17.9 Å². The molecule has 1 atom stereocenters. The van der Waals surface area contributed by atoms with E-state index < -0.39 is 0 Å². The molecule has 0 N–H and O–H groups in total. The van der Waals surface area contributed by atoms with Crippen LogP contribution in [0.5, 0.6) is 11.5 Å². The van der Waals surface area contributed by atoms with Crippen molar-refractivity contribution in [3.63, 3.8) is 0 Å². The number of amides is 1. The number of hydrogen-bond acceptors (Lipinski definition) is 6. The Labute approximate surface area is 177 Å². The SMILES string of the molecule is O=C(C1CCCN(Cc2ccco2)C1)N1CCN(Cc2ccc3c(c2)OCO3)CC1. The zero-order valence-electron chi connectivity index (χ0n) is 17.3. The Balaban J connectivity index is 1.11. The molecule has 0 radical (unpaired) electrons. The van der Waals surface area contributed by atoms with Crippen LogP contribution in [0.15, 0.2) is 41.0 Å². The highest BCUT2D eigenvalue weighted by Crippen LogP contribution is 2.33. The van der Waals surface area contributed by atoms with Crippen molar-refractivity contribution in [1.29, 1.82) is 0 Å². The van der Waals surface area contributed by atoms with Crippen molar-refractivity contribution >= 4 is 5.91 Å². The highest BCUT2D eigenvalue weighted by Gasteiger charge is 2.31. The molecule has 0 spiro atoms. The molecule has 3 aliphatic rings. The normalized spacial score (nSPS) is 22.4. The first-order valence-corrected chi connectivity index (χ1v) is 10.9. The summed E-state index contributed by atoms with van der Waals surface area (Å²) < 4.78 is 16.3. The van der Waals surface area contributed by atoms with Crippen LogP contribution < -0.4 is 9.47 Å². The van der Waals surface area contributed by atoms with E-state index in [0.717, 1.165) is 82.5 Å². The second-order valence-electron chi connectivity index (χ2n) is 8.44. The van der Waals surface area contributed by atoms with Gasteiger partial charge in [-0.2, -0.15) is 0 Å². The molecule has 2 saturated heterocycles. The second kappa shape index (κ2) is 8.70. The molecule has 7 nitrogen and oxygen atoms in total. The molecule has 1 aromatic carbocycles. The Bertz CT molecular complexity index is 861. The van der Waals surface area contributed by atoms with E-state index in [1.165, 1.54) is 5.56 Å². The average Bonchev–Trinajstić information content (AvgIpc) is 3.45. The third-order valence-electron chi connectivity index (χ3n) is 6.34. The molecule has 30 heavy (non-hydrogen) atoms. The highest BCUT2D eigenvalue weighted by atomic mass is 16.7. The van der Waals surface area contributed by atoms with Crippen molar-refractivity contribution in [3.05, 3.63) is 47.9 Å². The van der Waals surface area contributed by atoms with Gasteiger partial charge < -0.3 is 18.8 Å². The summed E-state index contributed by atoms with van der Waals surface area (Å²) in [6.07, 6.45) is 3.77. The van der Waals surface area contributed by atoms with Gasteiger partial charge in [0.25, 0.3) is 0 Å². The molecule has 4 heterocycles. The lowest BCUT2D eigenvalue weighted by Crippen LogP contribution is -2.52. The number of piperazine rings is 1. The van der Waals surface area contributed by atoms with Gasteiger partial charge in [-0.3, -0.25) is 14.6 Å². The lowest BCUT2D eigenvalue weighted by Gasteiger charge is -2.39. The van der Waals surface area contributed by atoms with E-state index in [0.29, 0.717) is 12.7 Å². The summed E-state index contributed by atoms with van der Waals surface area (Å²) in [6.45, 7) is 7.26. The van der Waals surface area contributed by atoms with Crippen LogP contribution in [0.2, 0.25) is 0 Å². The van der Waals surface area contributed by atoms with Crippen molar-refractivity contribution in [2.24, 2.45) is 5.92 Å². The highest BCUT2D eigenvalue weighted by molar-refractivity contribution is 5.79. The van der Waals surface area contributed by atoms with E-state index in [2.05, 4.69) is 26.8 Å². The molecule has 160 valence electrons. The lowest BCUT2D eigenvalue weighted by molar-refractivity contribution is -0.139. The number of hydrogen-bond donors (Lipinski definition) is 0. The van der Waals surface area contributed by atoms with Crippen molar-refractivity contribution in [2.75, 3.05) is 46.1 Å². The Hall–Kier alpha value is -2.51. The molecule has 3 aliphatic heterocycles. The van der Waals surface area contributed by atoms with Gasteiger partial charge in [0.1, 0.15) is 5.76 Å².